The van der Waals surface area contributed by atoms with Crippen LogP contribution < -0.4 is 4.90 Å². The Morgan fingerprint density at radius 2 is 1.69 bits per heavy atom. The molecule has 0 amide bonds. The molecule has 0 aliphatic carbocycles. The van der Waals surface area contributed by atoms with E-state index in [0.29, 0.717) is 6.04 Å². The summed E-state index contributed by atoms with van der Waals surface area (Å²) < 4.78 is 5.86. The lowest BCUT2D eigenvalue weighted by Crippen LogP contribution is -2.50. The fourth-order valence-corrected chi connectivity index (χ4v) is 6.19. The highest BCUT2D eigenvalue weighted by Gasteiger charge is 2.38. The van der Waals surface area contributed by atoms with Crippen LogP contribution in [0.5, 0.6) is 0 Å². The van der Waals surface area contributed by atoms with Crippen molar-refractivity contribution in [3.8, 4) is 11.4 Å². The summed E-state index contributed by atoms with van der Waals surface area (Å²) in [5.41, 5.74) is 7.55. The summed E-state index contributed by atoms with van der Waals surface area (Å²) in [5.74, 6) is 1.99. The van der Waals surface area contributed by atoms with Gasteiger partial charge in [-0.15, -0.1) is 0 Å². The van der Waals surface area contributed by atoms with Crippen LogP contribution in [-0.4, -0.2) is 47.7 Å². The number of hydrogen-bond donors (Lipinski definition) is 0. The Balaban J connectivity index is 1.57. The van der Waals surface area contributed by atoms with E-state index in [0.717, 1.165) is 50.7 Å². The monoisotopic (exact) mass is 484 g/mol. The third kappa shape index (κ3) is 4.67. The molecule has 1 aromatic heterocycles. The molecule has 5 rings (SSSR count). The molecule has 190 valence electrons. The molecule has 3 heterocycles. The van der Waals surface area contributed by atoms with Crippen molar-refractivity contribution in [3.05, 3.63) is 76.5 Å². The minimum absolute atomic E-state index is 0.0509. The van der Waals surface area contributed by atoms with Crippen LogP contribution >= 0.6 is 0 Å². The second-order valence-corrected chi connectivity index (χ2v) is 11.3. The summed E-state index contributed by atoms with van der Waals surface area (Å²) in [6, 6.07) is 17.6. The van der Waals surface area contributed by atoms with Gasteiger partial charge in [-0.25, -0.2) is 9.97 Å². The summed E-state index contributed by atoms with van der Waals surface area (Å²) in [7, 11) is 1.84. The standard InChI is InChI=1S/C31H40N4O/c1-21-11-10-12-22(2)28(21)29-32-26-15-17-34(23(3)24-13-8-7-9-14-24)19-25(26)30(33-29)35-18-16-27(36-6)31(4,5)20-35/h7-14,23,27H,15-20H2,1-6H3/t23-,27?/m0/s1. The van der Waals surface area contributed by atoms with Crippen molar-refractivity contribution in [1.29, 1.82) is 0 Å². The van der Waals surface area contributed by atoms with Crippen LogP contribution in [0.2, 0.25) is 0 Å². The first-order chi connectivity index (χ1) is 17.3. The number of benzene rings is 2. The van der Waals surface area contributed by atoms with Gasteiger partial charge in [-0.1, -0.05) is 62.4 Å². The number of hydrogen-bond acceptors (Lipinski definition) is 5. The normalized spacial score (nSPS) is 20.7. The van der Waals surface area contributed by atoms with E-state index in [1.54, 1.807) is 0 Å². The summed E-state index contributed by atoms with van der Waals surface area (Å²) in [4.78, 5) is 15.6. The van der Waals surface area contributed by atoms with Crippen molar-refractivity contribution in [2.75, 3.05) is 31.6 Å². The molecule has 0 radical (unpaired) electrons. The quantitative estimate of drug-likeness (QED) is 0.436. The summed E-state index contributed by atoms with van der Waals surface area (Å²) >= 11 is 0. The third-order valence-corrected chi connectivity index (χ3v) is 8.32. The number of nitrogens with zero attached hydrogens (tertiary/aromatic N) is 4. The Morgan fingerprint density at radius 1 is 0.972 bits per heavy atom. The number of ether oxygens (including phenoxy) is 1. The molecule has 1 unspecified atom stereocenters. The van der Waals surface area contributed by atoms with Crippen molar-refractivity contribution in [3.63, 3.8) is 0 Å². The predicted octanol–water partition coefficient (Wildman–Crippen LogP) is 6.13. The fraction of sp³-hybridized carbons (Fsp3) is 0.484. The number of fused-ring (bicyclic) bond motifs is 1. The van der Waals surface area contributed by atoms with Crippen molar-refractivity contribution < 1.29 is 4.74 Å². The van der Waals surface area contributed by atoms with Gasteiger partial charge in [0.05, 0.1) is 11.8 Å². The van der Waals surface area contributed by atoms with E-state index in [-0.39, 0.29) is 11.5 Å². The van der Waals surface area contributed by atoms with Crippen molar-refractivity contribution in [1.82, 2.24) is 14.9 Å². The van der Waals surface area contributed by atoms with Gasteiger partial charge in [-0.3, -0.25) is 4.90 Å². The van der Waals surface area contributed by atoms with Crippen LogP contribution in [0.25, 0.3) is 11.4 Å². The second-order valence-electron chi connectivity index (χ2n) is 11.3. The summed E-state index contributed by atoms with van der Waals surface area (Å²) in [6.45, 7) is 15.0. The molecule has 5 nitrogen and oxygen atoms in total. The van der Waals surface area contributed by atoms with Crippen LogP contribution in [0, 0.1) is 19.3 Å². The first-order valence-electron chi connectivity index (χ1n) is 13.3. The van der Waals surface area contributed by atoms with E-state index in [2.05, 4.69) is 92.9 Å². The van der Waals surface area contributed by atoms with Gasteiger partial charge in [-0.05, 0) is 43.9 Å². The van der Waals surface area contributed by atoms with Crippen LogP contribution in [0.4, 0.5) is 5.82 Å². The topological polar surface area (TPSA) is 41.5 Å². The predicted molar refractivity (Wildman–Crippen MR) is 147 cm³/mol. The fourth-order valence-electron chi connectivity index (χ4n) is 6.19. The van der Waals surface area contributed by atoms with Crippen molar-refractivity contribution in [2.24, 2.45) is 5.41 Å². The first-order valence-corrected chi connectivity index (χ1v) is 13.3. The molecule has 1 fully saturated rings. The summed E-state index contributed by atoms with van der Waals surface area (Å²) in [6.07, 6.45) is 2.21. The maximum absolute atomic E-state index is 5.86. The molecule has 0 N–H and O–H groups in total. The van der Waals surface area contributed by atoms with Gasteiger partial charge in [0.2, 0.25) is 0 Å². The first kappa shape index (κ1) is 24.9. The minimum atomic E-state index is 0.0509. The number of anilines is 1. The lowest BCUT2D eigenvalue weighted by atomic mass is 9.81. The maximum atomic E-state index is 5.86. The number of rotatable bonds is 5. The van der Waals surface area contributed by atoms with E-state index >= 15 is 0 Å². The highest BCUT2D eigenvalue weighted by Crippen LogP contribution is 2.38. The van der Waals surface area contributed by atoms with E-state index < -0.39 is 0 Å². The second kappa shape index (κ2) is 9.95. The molecule has 0 spiro atoms. The Morgan fingerprint density at radius 3 is 2.36 bits per heavy atom. The largest absolute Gasteiger partial charge is 0.381 e. The highest BCUT2D eigenvalue weighted by atomic mass is 16.5. The SMILES string of the molecule is COC1CCN(c2nc(-c3c(C)cccc3C)nc3c2CN([C@@H](C)c2ccccc2)CC3)CC1(C)C. The van der Waals surface area contributed by atoms with Gasteiger partial charge in [0.15, 0.2) is 5.82 Å². The minimum Gasteiger partial charge on any atom is -0.381 e. The zero-order valence-corrected chi connectivity index (χ0v) is 22.7. The average molecular weight is 485 g/mol. The maximum Gasteiger partial charge on any atom is 0.162 e. The molecule has 36 heavy (non-hydrogen) atoms. The van der Waals surface area contributed by atoms with Crippen molar-refractivity contribution in [2.45, 2.75) is 66.2 Å². The van der Waals surface area contributed by atoms with Gasteiger partial charge in [-0.2, -0.15) is 0 Å². The van der Waals surface area contributed by atoms with Crippen molar-refractivity contribution >= 4 is 5.82 Å². The third-order valence-electron chi connectivity index (χ3n) is 8.32. The van der Waals surface area contributed by atoms with Crippen LogP contribution in [0.1, 0.15) is 61.2 Å². The van der Waals surface area contributed by atoms with E-state index in [1.165, 1.54) is 33.5 Å². The van der Waals surface area contributed by atoms with E-state index in [9.17, 15) is 0 Å². The Hall–Kier alpha value is -2.76. The summed E-state index contributed by atoms with van der Waals surface area (Å²) in [5, 5.41) is 0. The number of methoxy groups -OCH3 is 1. The average Bonchev–Trinajstić information content (AvgIpc) is 2.87. The van der Waals surface area contributed by atoms with Crippen LogP contribution in [0.3, 0.4) is 0 Å². The molecular formula is C31H40N4O. The van der Waals surface area contributed by atoms with Crippen LogP contribution in [-0.2, 0) is 17.7 Å². The lowest BCUT2D eigenvalue weighted by Gasteiger charge is -2.45. The molecule has 2 aliphatic rings. The molecule has 1 saturated heterocycles. The van der Waals surface area contributed by atoms with E-state index in [1.807, 2.05) is 7.11 Å². The number of aromatic nitrogens is 2. The van der Waals surface area contributed by atoms with Gasteiger partial charge in [0, 0.05) is 62.3 Å². The molecule has 0 bridgehead atoms. The molecule has 3 aromatic rings. The molecule has 2 aliphatic heterocycles. The molecule has 5 heteroatoms. The zero-order valence-electron chi connectivity index (χ0n) is 22.7. The lowest BCUT2D eigenvalue weighted by molar-refractivity contribution is -0.00651. The number of piperidine rings is 1. The Labute approximate surface area is 216 Å². The Bertz CT molecular complexity index is 1200. The molecule has 2 aromatic carbocycles. The zero-order chi connectivity index (χ0) is 25.4. The number of aryl methyl sites for hydroxylation is 2. The van der Waals surface area contributed by atoms with Gasteiger partial charge in [0.25, 0.3) is 0 Å². The molecule has 2 atom stereocenters. The van der Waals surface area contributed by atoms with Gasteiger partial charge in [0.1, 0.15) is 5.82 Å². The molecule has 0 saturated carbocycles. The smallest absolute Gasteiger partial charge is 0.162 e. The van der Waals surface area contributed by atoms with E-state index in [4.69, 9.17) is 14.7 Å². The molecular weight excluding hydrogens is 444 g/mol. The van der Waals surface area contributed by atoms with Gasteiger partial charge >= 0.3 is 0 Å². The Kier molecular flexibility index (Phi) is 6.88. The van der Waals surface area contributed by atoms with Crippen LogP contribution in [0.15, 0.2) is 48.5 Å². The van der Waals surface area contributed by atoms with Gasteiger partial charge < -0.3 is 9.64 Å². The highest BCUT2D eigenvalue weighted by molar-refractivity contribution is 5.67.